The Morgan fingerprint density at radius 1 is 0.800 bits per heavy atom. The Kier molecular flexibility index (Phi) is 5.30. The lowest BCUT2D eigenvalue weighted by Gasteiger charge is -2.14. The van der Waals surface area contributed by atoms with Gasteiger partial charge in [0.1, 0.15) is 19.0 Å². The lowest BCUT2D eigenvalue weighted by atomic mass is 10.1. The van der Waals surface area contributed by atoms with E-state index in [0.717, 1.165) is 16.2 Å². The SMILES string of the molecule is Cc1ccccc1OCCOC(=O)c1ccc(N2C(=O)c3ccccc3C2=O)cc1. The van der Waals surface area contributed by atoms with Crippen molar-refractivity contribution >= 4 is 23.5 Å². The van der Waals surface area contributed by atoms with Crippen molar-refractivity contribution in [1.82, 2.24) is 0 Å². The zero-order valence-corrected chi connectivity index (χ0v) is 16.3. The van der Waals surface area contributed by atoms with Crippen LogP contribution in [0.1, 0.15) is 36.6 Å². The van der Waals surface area contributed by atoms with Crippen LogP contribution in [0.5, 0.6) is 5.75 Å². The summed E-state index contributed by atoms with van der Waals surface area (Å²) in [6.45, 7) is 2.29. The van der Waals surface area contributed by atoms with Gasteiger partial charge in [0.2, 0.25) is 0 Å². The third-order valence-electron chi connectivity index (χ3n) is 4.82. The van der Waals surface area contributed by atoms with Gasteiger partial charge in [0.15, 0.2) is 0 Å². The lowest BCUT2D eigenvalue weighted by molar-refractivity contribution is 0.0450. The molecule has 6 heteroatoms. The minimum Gasteiger partial charge on any atom is -0.490 e. The quantitative estimate of drug-likeness (QED) is 0.354. The van der Waals surface area contributed by atoms with Crippen LogP contribution in [0.2, 0.25) is 0 Å². The highest BCUT2D eigenvalue weighted by atomic mass is 16.6. The number of hydrogen-bond donors (Lipinski definition) is 0. The molecule has 0 unspecified atom stereocenters. The topological polar surface area (TPSA) is 72.9 Å². The molecule has 3 aromatic carbocycles. The number of amides is 2. The number of rotatable bonds is 6. The molecule has 1 heterocycles. The van der Waals surface area contributed by atoms with E-state index in [1.165, 1.54) is 12.1 Å². The number of benzene rings is 3. The van der Waals surface area contributed by atoms with E-state index in [-0.39, 0.29) is 25.0 Å². The third-order valence-corrected chi connectivity index (χ3v) is 4.82. The van der Waals surface area contributed by atoms with Crippen molar-refractivity contribution in [3.8, 4) is 5.75 Å². The van der Waals surface area contributed by atoms with Crippen LogP contribution < -0.4 is 9.64 Å². The molecule has 0 aliphatic carbocycles. The fourth-order valence-corrected chi connectivity index (χ4v) is 3.26. The number of nitrogens with zero attached hydrogens (tertiary/aromatic N) is 1. The van der Waals surface area contributed by atoms with E-state index in [9.17, 15) is 14.4 Å². The maximum Gasteiger partial charge on any atom is 0.338 e. The molecule has 1 aliphatic heterocycles. The number of fused-ring (bicyclic) bond motifs is 1. The minimum absolute atomic E-state index is 0.104. The summed E-state index contributed by atoms with van der Waals surface area (Å²) >= 11 is 0. The zero-order valence-electron chi connectivity index (χ0n) is 16.3. The number of carbonyl (C=O) groups excluding carboxylic acids is 3. The van der Waals surface area contributed by atoms with Crippen LogP contribution in [0.15, 0.2) is 72.8 Å². The van der Waals surface area contributed by atoms with E-state index in [1.54, 1.807) is 36.4 Å². The predicted octanol–water partition coefficient (Wildman–Crippen LogP) is 4.03. The Bertz CT molecular complexity index is 1090. The molecule has 2 amide bonds. The first-order valence-corrected chi connectivity index (χ1v) is 9.49. The minimum atomic E-state index is -0.503. The number of para-hydroxylation sites is 1. The van der Waals surface area contributed by atoms with Gasteiger partial charge in [-0.3, -0.25) is 9.59 Å². The fraction of sp³-hybridized carbons (Fsp3) is 0.125. The number of hydrogen-bond acceptors (Lipinski definition) is 5. The molecular weight excluding hydrogens is 382 g/mol. The van der Waals surface area contributed by atoms with Crippen LogP contribution >= 0.6 is 0 Å². The second-order valence-electron chi connectivity index (χ2n) is 6.79. The van der Waals surface area contributed by atoms with Crippen molar-refractivity contribution in [2.45, 2.75) is 6.92 Å². The summed E-state index contributed by atoms with van der Waals surface area (Å²) in [6, 6.07) is 20.5. The standard InChI is InChI=1S/C24H19NO5/c1-16-6-2-5-9-21(16)29-14-15-30-24(28)17-10-12-18(13-11-17)25-22(26)19-7-3-4-8-20(19)23(25)27/h2-13H,14-15H2,1H3. The fourth-order valence-electron chi connectivity index (χ4n) is 3.26. The summed E-state index contributed by atoms with van der Waals surface area (Å²) in [5.41, 5.74) is 2.48. The van der Waals surface area contributed by atoms with Crippen LogP contribution in [0, 0.1) is 6.92 Å². The second kappa shape index (κ2) is 8.21. The van der Waals surface area contributed by atoms with Gasteiger partial charge in [0.25, 0.3) is 11.8 Å². The average molecular weight is 401 g/mol. The van der Waals surface area contributed by atoms with Gasteiger partial charge < -0.3 is 9.47 Å². The zero-order chi connectivity index (χ0) is 21.1. The van der Waals surface area contributed by atoms with Crippen molar-refractivity contribution in [3.05, 3.63) is 95.1 Å². The summed E-state index contributed by atoms with van der Waals surface area (Å²) < 4.78 is 10.8. The first-order chi connectivity index (χ1) is 14.6. The largest absolute Gasteiger partial charge is 0.490 e. The number of esters is 1. The molecule has 30 heavy (non-hydrogen) atoms. The molecule has 3 aromatic rings. The number of aryl methyl sites for hydroxylation is 1. The molecule has 0 N–H and O–H groups in total. The Balaban J connectivity index is 1.36. The predicted molar refractivity (Wildman–Crippen MR) is 111 cm³/mol. The van der Waals surface area contributed by atoms with Crippen LogP contribution in [0.3, 0.4) is 0 Å². The molecule has 0 radical (unpaired) electrons. The van der Waals surface area contributed by atoms with E-state index in [2.05, 4.69) is 0 Å². The summed E-state index contributed by atoms with van der Waals surface area (Å²) in [5, 5.41) is 0. The highest BCUT2D eigenvalue weighted by Crippen LogP contribution is 2.28. The van der Waals surface area contributed by atoms with Crippen molar-refractivity contribution < 1.29 is 23.9 Å². The van der Waals surface area contributed by atoms with E-state index in [1.807, 2.05) is 31.2 Å². The van der Waals surface area contributed by atoms with E-state index in [4.69, 9.17) is 9.47 Å². The highest BCUT2D eigenvalue weighted by molar-refractivity contribution is 6.34. The second-order valence-corrected chi connectivity index (χ2v) is 6.79. The maximum absolute atomic E-state index is 12.5. The van der Waals surface area contributed by atoms with Crippen LogP contribution in [-0.4, -0.2) is 31.0 Å². The van der Waals surface area contributed by atoms with Gasteiger partial charge in [0.05, 0.1) is 22.4 Å². The average Bonchev–Trinajstić information content (AvgIpc) is 3.03. The van der Waals surface area contributed by atoms with E-state index in [0.29, 0.717) is 22.4 Å². The van der Waals surface area contributed by atoms with Gasteiger partial charge in [-0.1, -0.05) is 30.3 Å². The van der Waals surface area contributed by atoms with Gasteiger partial charge >= 0.3 is 5.97 Å². The van der Waals surface area contributed by atoms with Crippen molar-refractivity contribution in [2.24, 2.45) is 0 Å². The van der Waals surface area contributed by atoms with Gasteiger partial charge in [-0.2, -0.15) is 0 Å². The molecule has 1 aliphatic rings. The highest BCUT2D eigenvalue weighted by Gasteiger charge is 2.36. The molecule has 0 spiro atoms. The molecule has 0 aromatic heterocycles. The summed E-state index contributed by atoms with van der Waals surface area (Å²) in [5.74, 6) is -0.505. The smallest absolute Gasteiger partial charge is 0.338 e. The Morgan fingerprint density at radius 2 is 1.40 bits per heavy atom. The summed E-state index contributed by atoms with van der Waals surface area (Å²) in [4.78, 5) is 38.4. The molecule has 0 bridgehead atoms. The van der Waals surface area contributed by atoms with E-state index >= 15 is 0 Å². The molecule has 0 fully saturated rings. The van der Waals surface area contributed by atoms with Crippen LogP contribution in [0.4, 0.5) is 5.69 Å². The van der Waals surface area contributed by atoms with Gasteiger partial charge in [-0.05, 0) is 55.0 Å². The molecule has 0 saturated carbocycles. The first-order valence-electron chi connectivity index (χ1n) is 9.49. The molecule has 150 valence electrons. The Labute approximate surface area is 173 Å². The Morgan fingerprint density at radius 3 is 2.03 bits per heavy atom. The molecule has 6 nitrogen and oxygen atoms in total. The van der Waals surface area contributed by atoms with Crippen molar-refractivity contribution in [2.75, 3.05) is 18.1 Å². The monoisotopic (exact) mass is 401 g/mol. The van der Waals surface area contributed by atoms with Gasteiger partial charge in [0, 0.05) is 0 Å². The Hall–Kier alpha value is -3.93. The number of anilines is 1. The lowest BCUT2D eigenvalue weighted by Crippen LogP contribution is -2.29. The first kappa shape index (κ1) is 19.4. The number of carbonyl (C=O) groups is 3. The van der Waals surface area contributed by atoms with Crippen LogP contribution in [-0.2, 0) is 4.74 Å². The molecule has 0 saturated heterocycles. The normalized spacial score (nSPS) is 12.6. The molecular formula is C24H19NO5. The van der Waals surface area contributed by atoms with Gasteiger partial charge in [-0.15, -0.1) is 0 Å². The maximum atomic E-state index is 12.5. The summed E-state index contributed by atoms with van der Waals surface area (Å²) in [7, 11) is 0. The number of imide groups is 1. The van der Waals surface area contributed by atoms with Gasteiger partial charge in [-0.25, -0.2) is 9.69 Å². The third kappa shape index (κ3) is 3.67. The molecule has 0 atom stereocenters. The van der Waals surface area contributed by atoms with Crippen molar-refractivity contribution in [1.29, 1.82) is 0 Å². The van der Waals surface area contributed by atoms with E-state index < -0.39 is 5.97 Å². The molecule has 4 rings (SSSR count). The van der Waals surface area contributed by atoms with Crippen molar-refractivity contribution in [3.63, 3.8) is 0 Å². The number of ether oxygens (including phenoxy) is 2. The van der Waals surface area contributed by atoms with Crippen LogP contribution in [0.25, 0.3) is 0 Å². The summed E-state index contributed by atoms with van der Waals surface area (Å²) in [6.07, 6.45) is 0.